The number of rotatable bonds is 2. The third-order valence-corrected chi connectivity index (χ3v) is 4.45. The summed E-state index contributed by atoms with van der Waals surface area (Å²) in [7, 11) is 0. The fourth-order valence-electron chi connectivity index (χ4n) is 2.67. The van der Waals surface area contributed by atoms with Crippen molar-refractivity contribution in [3.63, 3.8) is 0 Å². The van der Waals surface area contributed by atoms with Gasteiger partial charge in [0.05, 0.1) is 16.1 Å². The van der Waals surface area contributed by atoms with Gasteiger partial charge in [0.25, 0.3) is 0 Å². The molecule has 0 saturated heterocycles. The van der Waals surface area contributed by atoms with Crippen molar-refractivity contribution in [1.29, 1.82) is 0 Å². The number of nitrogens with two attached hydrogens (primary N) is 1. The highest BCUT2D eigenvalue weighted by Crippen LogP contribution is 2.42. The monoisotopic (exact) mass is 292 g/mol. The largest absolute Gasteiger partial charge is 0.359 e. The molecule has 19 heavy (non-hydrogen) atoms. The normalized spacial score (nSPS) is 17.6. The van der Waals surface area contributed by atoms with Crippen LogP contribution in [-0.2, 0) is 6.54 Å². The molecule has 1 heterocycles. The molecule has 2 aromatic rings. The fraction of sp³-hybridized carbons (Fsp3) is 0.200. The molecule has 1 atom stereocenters. The highest BCUT2D eigenvalue weighted by molar-refractivity contribution is 6.42. The first-order chi connectivity index (χ1) is 9.22. The van der Waals surface area contributed by atoms with E-state index in [4.69, 9.17) is 28.9 Å². The van der Waals surface area contributed by atoms with Crippen molar-refractivity contribution in [3.05, 3.63) is 63.6 Å². The SMILES string of the molecule is NCC1c2ccc(Cl)c(Cl)c2CN1c1ccccc1. The topological polar surface area (TPSA) is 29.3 Å². The molecule has 1 aliphatic heterocycles. The molecule has 0 spiro atoms. The predicted molar refractivity (Wildman–Crippen MR) is 80.9 cm³/mol. The first-order valence-corrected chi connectivity index (χ1v) is 6.96. The third-order valence-electron chi connectivity index (χ3n) is 3.61. The Hall–Kier alpha value is -1.22. The Kier molecular flexibility index (Phi) is 3.40. The van der Waals surface area contributed by atoms with Crippen LogP contribution < -0.4 is 10.6 Å². The van der Waals surface area contributed by atoms with E-state index in [0.717, 1.165) is 17.8 Å². The molecular formula is C15H14Cl2N2. The van der Waals surface area contributed by atoms with E-state index in [9.17, 15) is 0 Å². The fourth-order valence-corrected chi connectivity index (χ4v) is 3.08. The number of halogens is 2. The van der Waals surface area contributed by atoms with Gasteiger partial charge in [-0.25, -0.2) is 0 Å². The van der Waals surface area contributed by atoms with Crippen LogP contribution >= 0.6 is 23.2 Å². The van der Waals surface area contributed by atoms with Crippen molar-refractivity contribution in [2.75, 3.05) is 11.4 Å². The van der Waals surface area contributed by atoms with Gasteiger partial charge in [-0.05, 0) is 29.3 Å². The summed E-state index contributed by atoms with van der Waals surface area (Å²) in [5, 5.41) is 1.25. The van der Waals surface area contributed by atoms with Gasteiger partial charge >= 0.3 is 0 Å². The number of para-hydroxylation sites is 1. The van der Waals surface area contributed by atoms with Crippen LogP contribution in [0.4, 0.5) is 5.69 Å². The standard InChI is InChI=1S/C15H14Cl2N2/c16-13-7-6-11-12(15(13)17)9-19(14(11)8-18)10-4-2-1-3-5-10/h1-7,14H,8-9,18H2. The highest BCUT2D eigenvalue weighted by atomic mass is 35.5. The maximum atomic E-state index is 6.31. The smallest absolute Gasteiger partial charge is 0.0672 e. The summed E-state index contributed by atoms with van der Waals surface area (Å²) in [6, 6.07) is 14.3. The van der Waals surface area contributed by atoms with Crippen molar-refractivity contribution in [2.45, 2.75) is 12.6 Å². The summed E-state index contributed by atoms with van der Waals surface area (Å²) in [5.41, 5.74) is 9.37. The molecule has 4 heteroatoms. The van der Waals surface area contributed by atoms with E-state index in [0.29, 0.717) is 16.6 Å². The van der Waals surface area contributed by atoms with E-state index in [2.05, 4.69) is 17.0 Å². The first kappa shape index (κ1) is 12.8. The average Bonchev–Trinajstić information content (AvgIpc) is 2.83. The van der Waals surface area contributed by atoms with E-state index in [-0.39, 0.29) is 6.04 Å². The second-order valence-electron chi connectivity index (χ2n) is 4.64. The molecule has 98 valence electrons. The van der Waals surface area contributed by atoms with Gasteiger partial charge in [-0.15, -0.1) is 0 Å². The van der Waals surface area contributed by atoms with Gasteiger partial charge in [0, 0.05) is 18.8 Å². The van der Waals surface area contributed by atoms with Crippen LogP contribution in [0.5, 0.6) is 0 Å². The summed E-state index contributed by atoms with van der Waals surface area (Å²) in [6.07, 6.45) is 0. The lowest BCUT2D eigenvalue weighted by atomic mass is 10.0. The molecule has 0 bridgehead atoms. The zero-order valence-corrected chi connectivity index (χ0v) is 11.8. The van der Waals surface area contributed by atoms with Crippen LogP contribution in [0.25, 0.3) is 0 Å². The third kappa shape index (κ3) is 2.10. The summed E-state index contributed by atoms with van der Waals surface area (Å²) >= 11 is 12.4. The Morgan fingerprint density at radius 3 is 2.53 bits per heavy atom. The van der Waals surface area contributed by atoms with Crippen molar-refractivity contribution in [3.8, 4) is 0 Å². The summed E-state index contributed by atoms with van der Waals surface area (Å²) < 4.78 is 0. The average molecular weight is 293 g/mol. The number of benzene rings is 2. The molecule has 0 aromatic heterocycles. The Balaban J connectivity index is 2.06. The van der Waals surface area contributed by atoms with E-state index in [1.54, 1.807) is 0 Å². The van der Waals surface area contributed by atoms with Crippen molar-refractivity contribution in [1.82, 2.24) is 0 Å². The Morgan fingerprint density at radius 1 is 1.11 bits per heavy atom. The zero-order chi connectivity index (χ0) is 13.4. The number of anilines is 1. The molecule has 3 rings (SSSR count). The zero-order valence-electron chi connectivity index (χ0n) is 10.3. The first-order valence-electron chi connectivity index (χ1n) is 6.21. The molecule has 0 aliphatic carbocycles. The number of nitrogens with zero attached hydrogens (tertiary/aromatic N) is 1. The second kappa shape index (κ2) is 5.04. The summed E-state index contributed by atoms with van der Waals surface area (Å²) in [6.45, 7) is 1.31. The molecule has 0 fully saturated rings. The van der Waals surface area contributed by atoms with Crippen LogP contribution in [-0.4, -0.2) is 6.54 Å². The summed E-state index contributed by atoms with van der Waals surface area (Å²) in [5.74, 6) is 0. The van der Waals surface area contributed by atoms with Crippen LogP contribution in [0, 0.1) is 0 Å². The molecule has 2 N–H and O–H groups in total. The van der Waals surface area contributed by atoms with Crippen LogP contribution in [0.1, 0.15) is 17.2 Å². The number of fused-ring (bicyclic) bond motifs is 1. The van der Waals surface area contributed by atoms with Crippen LogP contribution in [0.15, 0.2) is 42.5 Å². The van der Waals surface area contributed by atoms with Crippen LogP contribution in [0.2, 0.25) is 10.0 Å². The van der Waals surface area contributed by atoms with Crippen molar-refractivity contribution in [2.24, 2.45) is 5.73 Å². The van der Waals surface area contributed by atoms with Gasteiger partial charge < -0.3 is 10.6 Å². The minimum absolute atomic E-state index is 0.159. The van der Waals surface area contributed by atoms with E-state index >= 15 is 0 Å². The van der Waals surface area contributed by atoms with Crippen molar-refractivity contribution >= 4 is 28.9 Å². The van der Waals surface area contributed by atoms with Gasteiger partial charge in [-0.1, -0.05) is 47.5 Å². The van der Waals surface area contributed by atoms with Gasteiger partial charge in [0.15, 0.2) is 0 Å². The Labute approximate surface area is 122 Å². The maximum Gasteiger partial charge on any atom is 0.0672 e. The lowest BCUT2D eigenvalue weighted by Crippen LogP contribution is -2.27. The Morgan fingerprint density at radius 2 is 1.84 bits per heavy atom. The molecule has 1 unspecified atom stereocenters. The molecule has 0 amide bonds. The molecule has 2 aromatic carbocycles. The lowest BCUT2D eigenvalue weighted by molar-refractivity contribution is 0.679. The molecular weight excluding hydrogens is 279 g/mol. The minimum atomic E-state index is 0.159. The Bertz CT molecular complexity index is 599. The minimum Gasteiger partial charge on any atom is -0.359 e. The van der Waals surface area contributed by atoms with Crippen molar-refractivity contribution < 1.29 is 0 Å². The number of hydrogen-bond acceptors (Lipinski definition) is 2. The highest BCUT2D eigenvalue weighted by Gasteiger charge is 2.31. The van der Waals surface area contributed by atoms with E-state index in [1.165, 1.54) is 5.56 Å². The molecule has 2 nitrogen and oxygen atoms in total. The quantitative estimate of drug-likeness (QED) is 0.906. The molecule has 1 aliphatic rings. The molecule has 0 saturated carbocycles. The second-order valence-corrected chi connectivity index (χ2v) is 5.43. The molecule has 0 radical (unpaired) electrons. The van der Waals surface area contributed by atoms with Gasteiger partial charge in [0.2, 0.25) is 0 Å². The van der Waals surface area contributed by atoms with E-state index < -0.39 is 0 Å². The van der Waals surface area contributed by atoms with Crippen LogP contribution in [0.3, 0.4) is 0 Å². The van der Waals surface area contributed by atoms with Gasteiger partial charge in [0.1, 0.15) is 0 Å². The number of hydrogen-bond donors (Lipinski definition) is 1. The van der Waals surface area contributed by atoms with Gasteiger partial charge in [-0.2, -0.15) is 0 Å². The lowest BCUT2D eigenvalue weighted by Gasteiger charge is -2.26. The predicted octanol–water partition coefficient (Wildman–Crippen LogP) is 4.01. The van der Waals surface area contributed by atoms with E-state index in [1.807, 2.05) is 30.3 Å². The van der Waals surface area contributed by atoms with Gasteiger partial charge in [-0.3, -0.25) is 0 Å². The maximum absolute atomic E-state index is 6.31. The summed E-state index contributed by atoms with van der Waals surface area (Å²) in [4.78, 5) is 2.27.